The molecule has 0 saturated heterocycles. The highest BCUT2D eigenvalue weighted by molar-refractivity contribution is 7.91. The largest absolute Gasteiger partial charge is 0.416 e. The second-order valence-electron chi connectivity index (χ2n) is 8.85. The van der Waals surface area contributed by atoms with Crippen LogP contribution in [0.3, 0.4) is 0 Å². The molecular weight excluding hydrogens is 588 g/mol. The molecular formula is C28H17Cl2F3N2O4S. The molecule has 0 spiro atoms. The first-order valence-corrected chi connectivity index (χ1v) is 13.8. The van der Waals surface area contributed by atoms with E-state index >= 15 is 0 Å². The van der Waals surface area contributed by atoms with E-state index in [9.17, 15) is 31.2 Å². The highest BCUT2D eigenvalue weighted by atomic mass is 35.5. The van der Waals surface area contributed by atoms with Gasteiger partial charge in [0.2, 0.25) is 9.84 Å². The van der Waals surface area contributed by atoms with E-state index in [-0.39, 0.29) is 43.9 Å². The quantitative estimate of drug-likeness (QED) is 0.266. The molecule has 6 nitrogen and oxygen atoms in total. The van der Waals surface area contributed by atoms with Gasteiger partial charge in [-0.2, -0.15) is 13.2 Å². The van der Waals surface area contributed by atoms with Crippen LogP contribution in [0.2, 0.25) is 10.0 Å². The number of nitrogens with zero attached hydrogens (tertiary/aromatic N) is 1. The molecule has 0 unspecified atom stereocenters. The monoisotopic (exact) mass is 604 g/mol. The van der Waals surface area contributed by atoms with Crippen molar-refractivity contribution < 1.29 is 31.2 Å². The maximum Gasteiger partial charge on any atom is 0.416 e. The summed E-state index contributed by atoms with van der Waals surface area (Å²) < 4.78 is 66.9. The van der Waals surface area contributed by atoms with Crippen LogP contribution >= 0.6 is 23.2 Å². The first-order chi connectivity index (χ1) is 18.9. The predicted octanol–water partition coefficient (Wildman–Crippen LogP) is 7.26. The Kier molecular flexibility index (Phi) is 7.11. The van der Waals surface area contributed by atoms with Crippen molar-refractivity contribution in [3.63, 3.8) is 0 Å². The van der Waals surface area contributed by atoms with Gasteiger partial charge in [-0.1, -0.05) is 47.5 Å². The van der Waals surface area contributed by atoms with E-state index in [0.717, 1.165) is 12.1 Å². The van der Waals surface area contributed by atoms with E-state index < -0.39 is 33.4 Å². The van der Waals surface area contributed by atoms with Crippen molar-refractivity contribution >= 4 is 56.2 Å². The topological polar surface area (TPSA) is 83.6 Å². The Bertz CT molecular complexity index is 1790. The van der Waals surface area contributed by atoms with Gasteiger partial charge in [0.15, 0.2) is 0 Å². The van der Waals surface area contributed by atoms with Crippen molar-refractivity contribution in [1.29, 1.82) is 0 Å². The third-order valence-electron chi connectivity index (χ3n) is 6.23. The Balaban J connectivity index is 1.62. The fourth-order valence-corrected chi connectivity index (χ4v) is 6.32. The van der Waals surface area contributed by atoms with Gasteiger partial charge in [0.05, 0.1) is 43.9 Å². The minimum Gasteiger partial charge on any atom is -0.321 e. The Morgan fingerprint density at radius 3 is 2.35 bits per heavy atom. The lowest BCUT2D eigenvalue weighted by Crippen LogP contribution is -2.30. The molecule has 204 valence electrons. The maximum atomic E-state index is 13.7. The number of nitrogens with one attached hydrogen (secondary N) is 1. The molecule has 40 heavy (non-hydrogen) atoms. The van der Waals surface area contributed by atoms with E-state index in [0.29, 0.717) is 16.7 Å². The predicted molar refractivity (Wildman–Crippen MR) is 145 cm³/mol. The number of anilines is 2. The van der Waals surface area contributed by atoms with Gasteiger partial charge in [0.1, 0.15) is 0 Å². The van der Waals surface area contributed by atoms with Gasteiger partial charge in [-0.3, -0.25) is 9.59 Å². The van der Waals surface area contributed by atoms with Gasteiger partial charge in [-0.05, 0) is 66.2 Å². The van der Waals surface area contributed by atoms with Crippen LogP contribution < -0.4 is 10.2 Å². The summed E-state index contributed by atoms with van der Waals surface area (Å²) >= 11 is 12.1. The van der Waals surface area contributed by atoms with Crippen molar-refractivity contribution in [2.75, 3.05) is 10.2 Å². The van der Waals surface area contributed by atoms with E-state index in [2.05, 4.69) is 5.32 Å². The van der Waals surface area contributed by atoms with Crippen molar-refractivity contribution in [1.82, 2.24) is 0 Å². The molecule has 0 radical (unpaired) electrons. The molecule has 5 rings (SSSR count). The van der Waals surface area contributed by atoms with Crippen LogP contribution in [0.15, 0.2) is 94.7 Å². The van der Waals surface area contributed by atoms with E-state index in [1.165, 1.54) is 47.4 Å². The summed E-state index contributed by atoms with van der Waals surface area (Å²) in [7, 11) is -4.20. The van der Waals surface area contributed by atoms with Crippen LogP contribution in [0.25, 0.3) is 0 Å². The molecule has 0 bridgehead atoms. The molecule has 0 fully saturated rings. The number of hydrogen-bond acceptors (Lipinski definition) is 4. The zero-order valence-corrected chi connectivity index (χ0v) is 22.5. The number of alkyl halides is 3. The molecule has 4 aromatic carbocycles. The number of rotatable bonds is 4. The van der Waals surface area contributed by atoms with E-state index in [1.54, 1.807) is 24.3 Å². The minimum absolute atomic E-state index is 0.0533. The summed E-state index contributed by atoms with van der Waals surface area (Å²) in [5, 5.41) is 2.61. The SMILES string of the molecule is O=C(Nc1cc(C(F)(F)F)ccc1Cl)c1ccc2c(c1)N(Cc1cccc(Cl)c1)C(=O)c1ccccc1S2(=O)=O. The number of halogens is 5. The molecule has 0 saturated carbocycles. The molecule has 0 aliphatic carbocycles. The van der Waals surface area contributed by atoms with Crippen LogP contribution in [-0.4, -0.2) is 20.2 Å². The smallest absolute Gasteiger partial charge is 0.321 e. The Hall–Kier alpha value is -3.86. The highest BCUT2D eigenvalue weighted by Gasteiger charge is 2.36. The van der Waals surface area contributed by atoms with Crippen LogP contribution in [0.1, 0.15) is 31.8 Å². The molecule has 1 heterocycles. The number of carbonyl (C=O) groups excluding carboxylic acids is 2. The Labute approximate surface area is 236 Å². The summed E-state index contributed by atoms with van der Waals surface area (Å²) in [6, 6.07) is 18.5. The summed E-state index contributed by atoms with van der Waals surface area (Å²) in [5.74, 6) is -1.49. The minimum atomic E-state index is -4.67. The summed E-state index contributed by atoms with van der Waals surface area (Å²) in [6.07, 6.45) is -4.67. The molecule has 1 aliphatic rings. The number of hydrogen-bond donors (Lipinski definition) is 1. The van der Waals surface area contributed by atoms with Gasteiger partial charge in [-0.25, -0.2) is 8.42 Å². The first kappa shape index (κ1) is 27.7. The van der Waals surface area contributed by atoms with Gasteiger partial charge < -0.3 is 10.2 Å². The number of benzene rings is 4. The lowest BCUT2D eigenvalue weighted by Gasteiger charge is -2.23. The van der Waals surface area contributed by atoms with Crippen molar-refractivity contribution in [2.45, 2.75) is 22.5 Å². The summed E-state index contributed by atoms with van der Waals surface area (Å²) in [6.45, 7) is -0.0826. The first-order valence-electron chi connectivity index (χ1n) is 11.6. The third-order valence-corrected chi connectivity index (χ3v) is 8.65. The van der Waals surface area contributed by atoms with Crippen LogP contribution in [-0.2, 0) is 22.6 Å². The average molecular weight is 605 g/mol. The fourth-order valence-electron chi connectivity index (χ4n) is 4.31. The average Bonchev–Trinajstić information content (AvgIpc) is 2.97. The molecule has 12 heteroatoms. The normalized spacial score (nSPS) is 14.2. The van der Waals surface area contributed by atoms with Crippen molar-refractivity contribution in [3.05, 3.63) is 117 Å². The summed E-state index contributed by atoms with van der Waals surface area (Å²) in [5.41, 5.74) is -0.961. The second-order valence-corrected chi connectivity index (χ2v) is 11.6. The highest BCUT2D eigenvalue weighted by Crippen LogP contribution is 2.39. The van der Waals surface area contributed by atoms with E-state index in [1.807, 2.05) is 0 Å². The van der Waals surface area contributed by atoms with Crippen LogP contribution in [0, 0.1) is 0 Å². The third kappa shape index (κ3) is 5.17. The van der Waals surface area contributed by atoms with Crippen LogP contribution in [0.4, 0.5) is 24.5 Å². The van der Waals surface area contributed by atoms with E-state index in [4.69, 9.17) is 23.2 Å². The molecule has 1 N–H and O–H groups in total. The van der Waals surface area contributed by atoms with Gasteiger partial charge in [0, 0.05) is 10.6 Å². The van der Waals surface area contributed by atoms with Gasteiger partial charge >= 0.3 is 6.18 Å². The maximum absolute atomic E-state index is 13.7. The van der Waals surface area contributed by atoms with Gasteiger partial charge in [0.25, 0.3) is 11.8 Å². The lowest BCUT2D eigenvalue weighted by molar-refractivity contribution is -0.137. The van der Waals surface area contributed by atoms with Gasteiger partial charge in [-0.15, -0.1) is 0 Å². The molecule has 2 amide bonds. The van der Waals surface area contributed by atoms with Crippen LogP contribution in [0.5, 0.6) is 0 Å². The number of sulfone groups is 1. The molecule has 1 aliphatic heterocycles. The standard InChI is InChI=1S/C28H17Cl2F3N2O4S/c29-19-5-3-4-16(12-19)15-35-23-13-17(26(36)34-22-14-18(28(31,32)33)9-10-21(22)30)8-11-25(23)40(38,39)24-7-2-1-6-20(24)27(35)37/h1-14H,15H2,(H,34,36). The zero-order valence-electron chi connectivity index (χ0n) is 20.2. The Morgan fingerprint density at radius 2 is 1.62 bits per heavy atom. The second kappa shape index (κ2) is 10.3. The Morgan fingerprint density at radius 1 is 0.875 bits per heavy atom. The molecule has 4 aromatic rings. The zero-order chi connectivity index (χ0) is 28.8. The lowest BCUT2D eigenvalue weighted by atomic mass is 10.1. The fraction of sp³-hybridized carbons (Fsp3) is 0.0714. The molecule has 0 aromatic heterocycles. The van der Waals surface area contributed by atoms with Crippen molar-refractivity contribution in [3.8, 4) is 0 Å². The summed E-state index contributed by atoms with van der Waals surface area (Å²) in [4.78, 5) is 27.7. The van der Waals surface area contributed by atoms with Crippen molar-refractivity contribution in [2.24, 2.45) is 0 Å². The molecule has 0 atom stereocenters. The number of fused-ring (bicyclic) bond motifs is 2. The number of amides is 2. The number of carbonyl (C=O) groups is 2.